The summed E-state index contributed by atoms with van der Waals surface area (Å²) in [5, 5.41) is 6.99. The molecule has 1 fully saturated rings. The second kappa shape index (κ2) is 8.59. The van der Waals surface area contributed by atoms with Gasteiger partial charge in [-0.2, -0.15) is 5.10 Å². The number of rotatable bonds is 4. The molecule has 0 aromatic carbocycles. The average Bonchev–Trinajstić information content (AvgIpc) is 3.28. The van der Waals surface area contributed by atoms with Crippen molar-refractivity contribution in [1.82, 2.24) is 15.1 Å². The Hall–Kier alpha value is -1.31. The molecule has 2 aliphatic heterocycles. The molecule has 0 unspecified atom stereocenters. The molecular weight excluding hydrogens is 356 g/mol. The molecule has 0 saturated carbocycles. The molecule has 0 aliphatic carbocycles. The zero-order valence-corrected chi connectivity index (χ0v) is 16.2. The molecule has 144 valence electrons. The minimum atomic E-state index is -2.28. The molecule has 0 amide bonds. The van der Waals surface area contributed by atoms with E-state index in [2.05, 4.69) is 15.1 Å². The van der Waals surface area contributed by atoms with Crippen molar-refractivity contribution in [2.75, 3.05) is 19.7 Å². The SMILES string of the molecule is CC.FC(F)Cc1cc2c(s1)C1(CCN(Cc3ccn[nH]3)CC1)OCC2. The smallest absolute Gasteiger partial charge is 0.243 e. The normalized spacial score (nSPS) is 19.3. The summed E-state index contributed by atoms with van der Waals surface area (Å²) in [7, 11) is 0. The summed E-state index contributed by atoms with van der Waals surface area (Å²) in [6, 6.07) is 3.98. The van der Waals surface area contributed by atoms with Gasteiger partial charge in [0.2, 0.25) is 6.43 Å². The van der Waals surface area contributed by atoms with Gasteiger partial charge in [0, 0.05) is 47.7 Å². The molecule has 4 nitrogen and oxygen atoms in total. The lowest BCUT2D eigenvalue weighted by Crippen LogP contribution is -2.45. The Labute approximate surface area is 157 Å². The third kappa shape index (κ3) is 4.15. The Morgan fingerprint density at radius 3 is 2.77 bits per heavy atom. The van der Waals surface area contributed by atoms with Crippen molar-refractivity contribution in [1.29, 1.82) is 0 Å². The zero-order valence-electron chi connectivity index (χ0n) is 15.4. The lowest BCUT2D eigenvalue weighted by Gasteiger charge is -2.43. The number of nitrogens with one attached hydrogen (secondary N) is 1. The van der Waals surface area contributed by atoms with Crippen molar-refractivity contribution >= 4 is 11.3 Å². The minimum Gasteiger partial charge on any atom is -0.369 e. The first-order valence-electron chi connectivity index (χ1n) is 9.39. The van der Waals surface area contributed by atoms with Gasteiger partial charge in [0.25, 0.3) is 0 Å². The van der Waals surface area contributed by atoms with Gasteiger partial charge in [-0.3, -0.25) is 10.00 Å². The standard InChI is InChI=1S/C17H21F2N3OS.C2H6/c18-15(19)10-14-9-12-2-8-23-17(16(12)24-14)3-6-22(7-4-17)11-13-1-5-20-21-13;1-2/h1,5,9,15H,2-4,6-8,10-11H2,(H,20,21);1-2H3. The first-order chi connectivity index (χ1) is 12.6. The quantitative estimate of drug-likeness (QED) is 0.852. The van der Waals surface area contributed by atoms with Crippen LogP contribution in [0, 0.1) is 0 Å². The Kier molecular flexibility index (Phi) is 6.42. The van der Waals surface area contributed by atoms with Gasteiger partial charge in [-0.05, 0) is 37.0 Å². The van der Waals surface area contributed by atoms with Crippen LogP contribution in [0.15, 0.2) is 18.3 Å². The molecule has 26 heavy (non-hydrogen) atoms. The van der Waals surface area contributed by atoms with Gasteiger partial charge in [0.05, 0.1) is 6.61 Å². The topological polar surface area (TPSA) is 41.2 Å². The molecule has 4 rings (SSSR count). The van der Waals surface area contributed by atoms with E-state index in [0.717, 1.165) is 49.5 Å². The predicted octanol–water partition coefficient (Wildman–Crippen LogP) is 4.37. The highest BCUT2D eigenvalue weighted by molar-refractivity contribution is 7.12. The van der Waals surface area contributed by atoms with E-state index in [1.807, 2.05) is 26.0 Å². The Morgan fingerprint density at radius 2 is 2.12 bits per heavy atom. The monoisotopic (exact) mass is 383 g/mol. The summed E-state index contributed by atoms with van der Waals surface area (Å²) >= 11 is 1.54. The van der Waals surface area contributed by atoms with Crippen LogP contribution in [0.1, 0.15) is 47.7 Å². The van der Waals surface area contributed by atoms with Crippen molar-refractivity contribution in [2.24, 2.45) is 0 Å². The molecule has 2 aromatic rings. The third-order valence-electron chi connectivity index (χ3n) is 5.00. The number of thiophene rings is 1. The lowest BCUT2D eigenvalue weighted by molar-refractivity contribution is -0.0961. The van der Waals surface area contributed by atoms with Crippen LogP contribution in [0.25, 0.3) is 0 Å². The number of aromatic nitrogens is 2. The van der Waals surface area contributed by atoms with Gasteiger partial charge in [0.1, 0.15) is 5.60 Å². The number of halogens is 2. The summed E-state index contributed by atoms with van der Waals surface area (Å²) in [6.07, 6.45) is 2.03. The highest BCUT2D eigenvalue weighted by atomic mass is 32.1. The highest BCUT2D eigenvalue weighted by Crippen LogP contribution is 2.45. The first kappa shape index (κ1) is 19.5. The van der Waals surface area contributed by atoms with E-state index in [-0.39, 0.29) is 12.0 Å². The van der Waals surface area contributed by atoms with Crippen molar-refractivity contribution in [3.63, 3.8) is 0 Å². The van der Waals surface area contributed by atoms with E-state index in [9.17, 15) is 8.78 Å². The number of nitrogens with zero attached hydrogens (tertiary/aromatic N) is 2. The third-order valence-corrected chi connectivity index (χ3v) is 6.38. The summed E-state index contributed by atoms with van der Waals surface area (Å²) in [5.74, 6) is 0. The van der Waals surface area contributed by atoms with Crippen LogP contribution in [0.3, 0.4) is 0 Å². The van der Waals surface area contributed by atoms with Gasteiger partial charge < -0.3 is 4.74 Å². The molecule has 1 spiro atoms. The number of alkyl halides is 2. The predicted molar refractivity (Wildman–Crippen MR) is 99.8 cm³/mol. The summed E-state index contributed by atoms with van der Waals surface area (Å²) < 4.78 is 31.6. The second-order valence-corrected chi connectivity index (χ2v) is 7.75. The largest absolute Gasteiger partial charge is 0.369 e. The fourth-order valence-electron chi connectivity index (χ4n) is 3.79. The minimum absolute atomic E-state index is 0.139. The van der Waals surface area contributed by atoms with Crippen LogP contribution >= 0.6 is 11.3 Å². The molecule has 7 heteroatoms. The van der Waals surface area contributed by atoms with Crippen LogP contribution in [-0.2, 0) is 29.7 Å². The van der Waals surface area contributed by atoms with E-state index in [0.29, 0.717) is 6.61 Å². The van der Waals surface area contributed by atoms with E-state index in [1.54, 1.807) is 6.20 Å². The van der Waals surface area contributed by atoms with Crippen LogP contribution in [0.4, 0.5) is 8.78 Å². The van der Waals surface area contributed by atoms with Gasteiger partial charge >= 0.3 is 0 Å². The van der Waals surface area contributed by atoms with Crippen LogP contribution < -0.4 is 0 Å². The van der Waals surface area contributed by atoms with E-state index >= 15 is 0 Å². The van der Waals surface area contributed by atoms with Gasteiger partial charge in [-0.15, -0.1) is 11.3 Å². The maximum absolute atomic E-state index is 12.7. The number of hydrogen-bond acceptors (Lipinski definition) is 4. The van der Waals surface area contributed by atoms with Crippen molar-refractivity contribution in [2.45, 2.75) is 58.1 Å². The molecule has 2 aliphatic rings. The molecule has 0 atom stereocenters. The molecular formula is C19H27F2N3OS. The van der Waals surface area contributed by atoms with Gasteiger partial charge in [0.15, 0.2) is 0 Å². The number of ether oxygens (including phenoxy) is 1. The lowest BCUT2D eigenvalue weighted by atomic mass is 9.85. The van der Waals surface area contributed by atoms with Crippen molar-refractivity contribution < 1.29 is 13.5 Å². The fraction of sp³-hybridized carbons (Fsp3) is 0.632. The Morgan fingerprint density at radius 1 is 1.35 bits per heavy atom. The summed E-state index contributed by atoms with van der Waals surface area (Å²) in [5.41, 5.74) is 2.08. The Balaban J connectivity index is 0.000000948. The summed E-state index contributed by atoms with van der Waals surface area (Å²) in [4.78, 5) is 4.38. The first-order valence-corrected chi connectivity index (χ1v) is 10.2. The maximum Gasteiger partial charge on any atom is 0.243 e. The number of H-pyrrole nitrogens is 1. The number of hydrogen-bond donors (Lipinski definition) is 1. The van der Waals surface area contributed by atoms with Gasteiger partial charge in [-0.1, -0.05) is 13.8 Å². The number of aromatic amines is 1. The van der Waals surface area contributed by atoms with E-state index in [4.69, 9.17) is 4.74 Å². The van der Waals surface area contributed by atoms with Gasteiger partial charge in [-0.25, -0.2) is 8.78 Å². The molecule has 4 heterocycles. The Bertz CT molecular complexity index is 679. The molecule has 1 N–H and O–H groups in total. The summed E-state index contributed by atoms with van der Waals surface area (Å²) in [6.45, 7) is 7.45. The average molecular weight is 384 g/mol. The van der Waals surface area contributed by atoms with Crippen molar-refractivity contribution in [3.8, 4) is 0 Å². The second-order valence-electron chi connectivity index (χ2n) is 6.61. The number of likely N-dealkylation sites (tertiary alicyclic amines) is 1. The maximum atomic E-state index is 12.7. The van der Waals surface area contributed by atoms with E-state index < -0.39 is 6.43 Å². The fourth-order valence-corrected chi connectivity index (χ4v) is 5.20. The highest BCUT2D eigenvalue weighted by Gasteiger charge is 2.42. The van der Waals surface area contributed by atoms with Crippen LogP contribution in [-0.4, -0.2) is 41.2 Å². The van der Waals surface area contributed by atoms with Crippen LogP contribution in [0.5, 0.6) is 0 Å². The zero-order chi connectivity index (χ0) is 18.6. The van der Waals surface area contributed by atoms with E-state index in [1.165, 1.54) is 21.8 Å². The number of piperidine rings is 1. The van der Waals surface area contributed by atoms with Crippen molar-refractivity contribution in [3.05, 3.63) is 39.3 Å². The molecule has 1 saturated heterocycles. The molecule has 0 bridgehead atoms. The molecule has 0 radical (unpaired) electrons. The molecule has 2 aromatic heterocycles. The number of fused-ring (bicyclic) bond motifs is 2. The van der Waals surface area contributed by atoms with Crippen LogP contribution in [0.2, 0.25) is 0 Å².